The van der Waals surface area contributed by atoms with Crippen molar-refractivity contribution in [1.29, 1.82) is 0 Å². The van der Waals surface area contributed by atoms with Crippen LogP contribution in [-0.2, 0) is 9.59 Å². The number of nitrogens with one attached hydrogen (secondary N) is 1. The summed E-state index contributed by atoms with van der Waals surface area (Å²) >= 11 is 0. The minimum absolute atomic E-state index is 0.0775. The summed E-state index contributed by atoms with van der Waals surface area (Å²) < 4.78 is 0. The predicted octanol–water partition coefficient (Wildman–Crippen LogP) is -0.750. The van der Waals surface area contributed by atoms with E-state index < -0.39 is 11.8 Å². The number of carbonyl (C=O) groups is 2. The van der Waals surface area contributed by atoms with Crippen LogP contribution in [0.5, 0.6) is 0 Å². The first-order valence-corrected chi connectivity index (χ1v) is 2.65. The lowest BCUT2D eigenvalue weighted by Crippen LogP contribution is -2.27. The number of hydrogen-bond donors (Lipinski definition) is 2. The van der Waals surface area contributed by atoms with Crippen LogP contribution in [-0.4, -0.2) is 29.9 Å². The van der Waals surface area contributed by atoms with Crippen molar-refractivity contribution in [3.05, 3.63) is 0 Å². The second-order valence-corrected chi connectivity index (χ2v) is 1.51. The van der Waals surface area contributed by atoms with E-state index in [1.54, 1.807) is 6.92 Å². The first kappa shape index (κ1) is 8.10. The minimum Gasteiger partial charge on any atom is -0.475 e. The Morgan fingerprint density at radius 1 is 1.56 bits per heavy atom. The average Bonchev–Trinajstić information content (AvgIpc) is 1.82. The number of aliphatic carboxylic acids is 1. The van der Waals surface area contributed by atoms with Crippen LogP contribution in [0, 0.1) is 0 Å². The number of hydrogen-bond acceptors (Lipinski definition) is 3. The maximum Gasteiger partial charge on any atom is 0.373 e. The maximum atomic E-state index is 10.2. The fourth-order valence-electron chi connectivity index (χ4n) is 0.314. The molecule has 4 heteroatoms. The SMILES string of the molecule is CCNCC(=O)C(=O)O. The highest BCUT2D eigenvalue weighted by Gasteiger charge is 2.08. The molecule has 0 aliphatic heterocycles. The van der Waals surface area contributed by atoms with Gasteiger partial charge >= 0.3 is 5.97 Å². The Morgan fingerprint density at radius 2 is 2.11 bits per heavy atom. The summed E-state index contributed by atoms with van der Waals surface area (Å²) in [5, 5.41) is 10.6. The first-order valence-electron chi connectivity index (χ1n) is 2.65. The number of likely N-dealkylation sites (N-methyl/N-ethyl adjacent to an activating group) is 1. The zero-order valence-corrected chi connectivity index (χ0v) is 5.18. The molecule has 52 valence electrons. The Hall–Kier alpha value is -0.900. The second kappa shape index (κ2) is 4.03. The van der Waals surface area contributed by atoms with Crippen LogP contribution in [0.25, 0.3) is 0 Å². The van der Waals surface area contributed by atoms with Crippen LogP contribution < -0.4 is 5.32 Å². The number of Topliss-reactive ketones (excluding diaryl/α,β-unsaturated/α-hetero) is 1. The summed E-state index contributed by atoms with van der Waals surface area (Å²) in [7, 11) is 0. The van der Waals surface area contributed by atoms with Crippen LogP contribution in [0.1, 0.15) is 6.92 Å². The van der Waals surface area contributed by atoms with Crippen molar-refractivity contribution < 1.29 is 14.7 Å². The van der Waals surface area contributed by atoms with Crippen molar-refractivity contribution in [2.24, 2.45) is 0 Å². The molecule has 0 aliphatic rings. The number of carboxylic acid groups (broad SMARTS) is 1. The third-order valence-electron chi connectivity index (χ3n) is 0.774. The molecule has 0 amide bonds. The maximum absolute atomic E-state index is 10.2. The molecule has 0 rings (SSSR count). The van der Waals surface area contributed by atoms with Gasteiger partial charge in [-0.1, -0.05) is 6.92 Å². The quantitative estimate of drug-likeness (QED) is 0.492. The van der Waals surface area contributed by atoms with Gasteiger partial charge in [-0.15, -0.1) is 0 Å². The third kappa shape index (κ3) is 3.66. The normalized spacial score (nSPS) is 9.00. The van der Waals surface area contributed by atoms with Gasteiger partial charge in [0.05, 0.1) is 6.54 Å². The van der Waals surface area contributed by atoms with Gasteiger partial charge in [-0.2, -0.15) is 0 Å². The van der Waals surface area contributed by atoms with E-state index in [9.17, 15) is 9.59 Å². The van der Waals surface area contributed by atoms with E-state index in [1.165, 1.54) is 0 Å². The molecule has 0 heterocycles. The molecule has 9 heavy (non-hydrogen) atoms. The van der Waals surface area contributed by atoms with Gasteiger partial charge in [0.2, 0.25) is 0 Å². The summed E-state index contributed by atoms with van der Waals surface area (Å²) in [6.07, 6.45) is 0. The molecule has 0 aliphatic carbocycles. The highest BCUT2D eigenvalue weighted by atomic mass is 16.4. The summed E-state index contributed by atoms with van der Waals surface area (Å²) in [6.45, 7) is 2.33. The van der Waals surface area contributed by atoms with Crippen molar-refractivity contribution in [2.45, 2.75) is 6.92 Å². The molecular weight excluding hydrogens is 122 g/mol. The van der Waals surface area contributed by atoms with Crippen LogP contribution in [0.4, 0.5) is 0 Å². The topological polar surface area (TPSA) is 66.4 Å². The number of rotatable bonds is 4. The Labute approximate surface area is 52.9 Å². The highest BCUT2D eigenvalue weighted by molar-refractivity contribution is 6.33. The monoisotopic (exact) mass is 131 g/mol. The van der Waals surface area contributed by atoms with Crippen molar-refractivity contribution in [2.75, 3.05) is 13.1 Å². The standard InChI is InChI=1S/C5H9NO3/c1-2-6-3-4(7)5(8)9/h6H,2-3H2,1H3,(H,8,9). The van der Waals surface area contributed by atoms with Crippen LogP contribution >= 0.6 is 0 Å². The van der Waals surface area contributed by atoms with Gasteiger partial charge in [-0.3, -0.25) is 4.79 Å². The Bertz CT molecular complexity index is 121. The first-order chi connectivity index (χ1) is 4.18. The zero-order chi connectivity index (χ0) is 7.28. The molecule has 0 spiro atoms. The number of carboxylic acids is 1. The van der Waals surface area contributed by atoms with Crippen LogP contribution in [0.2, 0.25) is 0 Å². The molecule has 0 aromatic heterocycles. The lowest BCUT2D eigenvalue weighted by atomic mass is 10.4. The summed E-state index contributed by atoms with van der Waals surface area (Å²) in [5.41, 5.74) is 0. The van der Waals surface area contributed by atoms with Crippen molar-refractivity contribution in [3.8, 4) is 0 Å². The van der Waals surface area contributed by atoms with Gasteiger partial charge in [-0.05, 0) is 6.54 Å². The van der Waals surface area contributed by atoms with Crippen molar-refractivity contribution in [1.82, 2.24) is 5.32 Å². The van der Waals surface area contributed by atoms with E-state index in [0.717, 1.165) is 0 Å². The van der Waals surface area contributed by atoms with E-state index in [-0.39, 0.29) is 6.54 Å². The fourth-order valence-corrected chi connectivity index (χ4v) is 0.314. The Morgan fingerprint density at radius 3 is 2.44 bits per heavy atom. The Kier molecular flexibility index (Phi) is 3.62. The summed E-state index contributed by atoms with van der Waals surface area (Å²) in [6, 6.07) is 0. The molecule has 0 saturated heterocycles. The van der Waals surface area contributed by atoms with Gasteiger partial charge in [0.15, 0.2) is 0 Å². The molecule has 0 saturated carbocycles. The minimum atomic E-state index is -1.38. The molecule has 0 radical (unpaired) electrons. The molecule has 0 aromatic carbocycles. The second-order valence-electron chi connectivity index (χ2n) is 1.51. The zero-order valence-electron chi connectivity index (χ0n) is 5.18. The summed E-state index contributed by atoms with van der Waals surface area (Å²) in [4.78, 5) is 20.1. The lowest BCUT2D eigenvalue weighted by molar-refractivity contribution is -0.148. The van der Waals surface area contributed by atoms with Gasteiger partial charge in [0, 0.05) is 0 Å². The van der Waals surface area contributed by atoms with Crippen LogP contribution in [0.3, 0.4) is 0 Å². The highest BCUT2D eigenvalue weighted by Crippen LogP contribution is 1.67. The molecular formula is C5H9NO3. The van der Waals surface area contributed by atoms with Gasteiger partial charge in [0.1, 0.15) is 0 Å². The van der Waals surface area contributed by atoms with E-state index in [4.69, 9.17) is 5.11 Å². The predicted molar refractivity (Wildman–Crippen MR) is 31.2 cm³/mol. The molecule has 2 N–H and O–H groups in total. The average molecular weight is 131 g/mol. The van der Waals surface area contributed by atoms with E-state index >= 15 is 0 Å². The summed E-state index contributed by atoms with van der Waals surface area (Å²) in [5.74, 6) is -2.17. The third-order valence-corrected chi connectivity index (χ3v) is 0.774. The van der Waals surface area contributed by atoms with Gasteiger partial charge < -0.3 is 10.4 Å². The van der Waals surface area contributed by atoms with E-state index in [1.807, 2.05) is 0 Å². The van der Waals surface area contributed by atoms with Crippen LogP contribution in [0.15, 0.2) is 0 Å². The van der Waals surface area contributed by atoms with E-state index in [0.29, 0.717) is 6.54 Å². The fraction of sp³-hybridized carbons (Fsp3) is 0.600. The van der Waals surface area contributed by atoms with E-state index in [2.05, 4.69) is 5.32 Å². The Balaban J connectivity index is 3.39. The smallest absolute Gasteiger partial charge is 0.373 e. The molecule has 4 nitrogen and oxygen atoms in total. The van der Waals surface area contributed by atoms with Gasteiger partial charge in [0.25, 0.3) is 5.78 Å². The molecule has 0 atom stereocenters. The molecule has 0 fully saturated rings. The largest absolute Gasteiger partial charge is 0.475 e. The van der Waals surface area contributed by atoms with Crippen molar-refractivity contribution in [3.63, 3.8) is 0 Å². The molecule has 0 bridgehead atoms. The number of ketones is 1. The number of carbonyl (C=O) groups excluding carboxylic acids is 1. The van der Waals surface area contributed by atoms with Crippen molar-refractivity contribution >= 4 is 11.8 Å². The lowest BCUT2D eigenvalue weighted by Gasteiger charge is -1.93. The molecule has 0 unspecified atom stereocenters. The molecule has 0 aromatic rings. The van der Waals surface area contributed by atoms with Gasteiger partial charge in [-0.25, -0.2) is 4.79 Å².